The molecule has 19 nitrogen and oxygen atoms in total. The Kier molecular flexibility index (Phi) is 13.9. The normalized spacial score (nSPS) is 23.0. The van der Waals surface area contributed by atoms with Crippen molar-refractivity contribution in [2.75, 3.05) is 12.3 Å². The Bertz CT molecular complexity index is 824. The third kappa shape index (κ3) is 19.5. The number of hydrogen-bond donors (Lipinski definition) is 12. The minimum Gasteiger partial charge on any atom is -0.394 e. The van der Waals surface area contributed by atoms with Gasteiger partial charge in [0.25, 0.3) is 0 Å². The fraction of sp³-hybridized carbons (Fsp3) is 0.556. The topological polar surface area (TPSA) is 344 Å². The van der Waals surface area contributed by atoms with E-state index in [1.54, 1.807) is 0 Å². The summed E-state index contributed by atoms with van der Waals surface area (Å²) in [6.07, 6.45) is -4.42. The number of aliphatic hydroxyl groups excluding tert-OH is 2. The largest absolute Gasteiger partial charge is 0.466 e. The Morgan fingerprint density at radius 1 is 1.00 bits per heavy atom. The van der Waals surface area contributed by atoms with Crippen LogP contribution in [0.2, 0.25) is 0 Å². The van der Waals surface area contributed by atoms with Crippen molar-refractivity contribution in [3.8, 4) is 0 Å². The molecule has 0 saturated carbocycles. The first-order chi connectivity index (χ1) is 14.0. The molecule has 2 rings (SSSR count). The molecule has 1 aromatic heterocycles. The lowest BCUT2D eigenvalue weighted by Gasteiger charge is -2.15. The lowest BCUT2D eigenvalue weighted by molar-refractivity contribution is -0.0490. The van der Waals surface area contributed by atoms with Crippen molar-refractivity contribution < 1.29 is 77.1 Å². The van der Waals surface area contributed by atoms with Crippen LogP contribution in [0.1, 0.15) is 6.23 Å². The van der Waals surface area contributed by atoms with Crippen molar-refractivity contribution in [2.45, 2.75) is 24.6 Å². The van der Waals surface area contributed by atoms with Gasteiger partial charge in [0.05, 0.1) is 6.61 Å². The summed E-state index contributed by atoms with van der Waals surface area (Å²) in [5.74, 6) is 0.0129. The van der Waals surface area contributed by atoms with E-state index in [1.165, 1.54) is 12.3 Å². The molecule has 1 aliphatic heterocycles. The van der Waals surface area contributed by atoms with E-state index in [-0.39, 0.29) is 5.82 Å². The molecule has 1 unspecified atom stereocenters. The van der Waals surface area contributed by atoms with E-state index in [0.29, 0.717) is 0 Å². The van der Waals surface area contributed by atoms with Gasteiger partial charge >= 0.3 is 29.2 Å². The highest BCUT2D eigenvalue weighted by molar-refractivity contribution is 7.45. The lowest BCUT2D eigenvalue weighted by Crippen LogP contribution is -2.33. The lowest BCUT2D eigenvalue weighted by atomic mass is 10.1. The molecule has 1 fully saturated rings. The standard InChI is InChI=1S/C9H12FN3O4.3H3O4P/c10-6-7(15)4(3-14)17-8(6)13-2-1-5(11)12-9(13)16;3*1-5(2,3)4/h1-2,4,6-8,14-15H,3H2,(H2,11,12,16);3*(H3,1,2,3,4)/t4-,6?,7-,8-;;;/m1.../s1. The first kappa shape index (κ1) is 33.0. The molecule has 0 aliphatic carbocycles. The molecule has 0 aromatic carbocycles. The monoisotopic (exact) mass is 539 g/mol. The van der Waals surface area contributed by atoms with Gasteiger partial charge in [-0.05, 0) is 6.07 Å². The van der Waals surface area contributed by atoms with Crippen LogP contribution in [0.4, 0.5) is 10.2 Å². The second-order valence-corrected chi connectivity index (χ2v) is 8.34. The highest BCUT2D eigenvalue weighted by Crippen LogP contribution is 2.30. The highest BCUT2D eigenvalue weighted by atomic mass is 31.2. The van der Waals surface area contributed by atoms with Crippen LogP contribution in [-0.2, 0) is 18.4 Å². The maximum atomic E-state index is 13.7. The summed E-state index contributed by atoms with van der Waals surface area (Å²) in [7, 11) is -13.9. The fourth-order valence-corrected chi connectivity index (χ4v) is 1.70. The average Bonchev–Trinajstić information content (AvgIpc) is 2.78. The summed E-state index contributed by atoms with van der Waals surface area (Å²) in [6.45, 7) is -0.533. The number of nitrogen functional groups attached to an aromatic ring is 1. The molecule has 0 amide bonds. The zero-order valence-electron chi connectivity index (χ0n) is 15.3. The van der Waals surface area contributed by atoms with Crippen molar-refractivity contribution in [3.05, 3.63) is 22.7 Å². The number of phosphoric acid groups is 3. The molecule has 32 heavy (non-hydrogen) atoms. The number of hydrogen-bond acceptors (Lipinski definition) is 9. The van der Waals surface area contributed by atoms with Crippen molar-refractivity contribution >= 4 is 29.3 Å². The smallest absolute Gasteiger partial charge is 0.394 e. The molecule has 0 radical (unpaired) electrons. The number of alkyl halides is 1. The predicted octanol–water partition coefficient (Wildman–Crippen LogP) is -4.37. The Balaban J connectivity index is 0. The van der Waals surface area contributed by atoms with Gasteiger partial charge in [0.15, 0.2) is 12.4 Å². The van der Waals surface area contributed by atoms with Gasteiger partial charge in [-0.15, -0.1) is 0 Å². The highest BCUT2D eigenvalue weighted by Gasteiger charge is 2.45. The number of aliphatic hydroxyl groups is 2. The van der Waals surface area contributed by atoms with E-state index in [1.807, 2.05) is 0 Å². The summed E-state index contributed by atoms with van der Waals surface area (Å²) >= 11 is 0. The molecular weight excluding hydrogens is 518 g/mol. The Morgan fingerprint density at radius 2 is 1.38 bits per heavy atom. The summed E-state index contributed by atoms with van der Waals surface area (Å²) in [5, 5.41) is 18.3. The molecular formula is C9H21FN3O16P3. The number of anilines is 1. The minimum atomic E-state index is -4.64. The SMILES string of the molecule is Nc1ccn([C@@H]2O[C@H](CO)[C@@H](O)C2F)c(=O)n1.O=P(O)(O)O.O=P(O)(O)O.O=P(O)(O)O. The molecule has 1 saturated heterocycles. The number of aromatic nitrogens is 2. The molecule has 23 heteroatoms. The van der Waals surface area contributed by atoms with Gasteiger partial charge in [-0.3, -0.25) is 4.57 Å². The van der Waals surface area contributed by atoms with Crippen LogP contribution in [0, 0.1) is 0 Å². The molecule has 1 aliphatic rings. The van der Waals surface area contributed by atoms with E-state index < -0.39 is 60.4 Å². The van der Waals surface area contributed by atoms with Gasteiger partial charge in [0.2, 0.25) is 0 Å². The van der Waals surface area contributed by atoms with Crippen LogP contribution in [0.15, 0.2) is 17.1 Å². The predicted molar refractivity (Wildman–Crippen MR) is 97.6 cm³/mol. The summed E-state index contributed by atoms with van der Waals surface area (Å²) in [5.41, 5.74) is 4.52. The van der Waals surface area contributed by atoms with Crippen molar-refractivity contribution in [1.29, 1.82) is 0 Å². The Morgan fingerprint density at radius 3 is 1.66 bits per heavy atom. The second kappa shape index (κ2) is 13.5. The van der Waals surface area contributed by atoms with Gasteiger partial charge in [-0.25, -0.2) is 22.9 Å². The van der Waals surface area contributed by atoms with Crippen LogP contribution in [0.5, 0.6) is 0 Å². The van der Waals surface area contributed by atoms with E-state index in [0.717, 1.165) is 4.57 Å². The van der Waals surface area contributed by atoms with Gasteiger partial charge < -0.3 is 64.7 Å². The number of rotatable bonds is 2. The summed E-state index contributed by atoms with van der Waals surface area (Å²) < 4.78 is 46.3. The number of nitrogens with two attached hydrogens (primary N) is 1. The van der Waals surface area contributed by atoms with Gasteiger partial charge in [-0.2, -0.15) is 4.98 Å². The zero-order valence-corrected chi connectivity index (χ0v) is 18.0. The van der Waals surface area contributed by atoms with Crippen LogP contribution in [0.3, 0.4) is 0 Å². The van der Waals surface area contributed by atoms with Crippen LogP contribution in [-0.4, -0.2) is 88.8 Å². The van der Waals surface area contributed by atoms with Gasteiger partial charge in [0.1, 0.15) is 18.0 Å². The molecule has 2 heterocycles. The van der Waals surface area contributed by atoms with Crippen molar-refractivity contribution in [1.82, 2.24) is 9.55 Å². The van der Waals surface area contributed by atoms with Crippen LogP contribution in [0.25, 0.3) is 0 Å². The van der Waals surface area contributed by atoms with Crippen LogP contribution >= 0.6 is 23.5 Å². The average molecular weight is 539 g/mol. The number of ether oxygens (including phenoxy) is 1. The maximum Gasteiger partial charge on any atom is 0.466 e. The van der Waals surface area contributed by atoms with E-state index >= 15 is 0 Å². The van der Waals surface area contributed by atoms with E-state index in [9.17, 15) is 14.3 Å². The second-order valence-electron chi connectivity index (χ2n) is 5.26. The van der Waals surface area contributed by atoms with E-state index in [2.05, 4.69) is 4.98 Å². The van der Waals surface area contributed by atoms with Crippen LogP contribution < -0.4 is 11.4 Å². The fourth-order valence-electron chi connectivity index (χ4n) is 1.70. The zero-order chi connectivity index (χ0) is 26.1. The molecule has 0 bridgehead atoms. The number of halogens is 1. The first-order valence-corrected chi connectivity index (χ1v) is 12.0. The Labute approximate surface area is 176 Å². The van der Waals surface area contributed by atoms with Crippen molar-refractivity contribution in [3.63, 3.8) is 0 Å². The molecule has 190 valence electrons. The molecule has 0 spiro atoms. The maximum absolute atomic E-state index is 13.7. The third-order valence-corrected chi connectivity index (χ3v) is 2.60. The Hall–Kier alpha value is -1.18. The summed E-state index contributed by atoms with van der Waals surface area (Å²) in [4.78, 5) is 79.6. The summed E-state index contributed by atoms with van der Waals surface area (Å²) in [6, 6.07) is 1.32. The first-order valence-electron chi connectivity index (χ1n) is 7.32. The third-order valence-electron chi connectivity index (χ3n) is 2.60. The quantitative estimate of drug-likeness (QED) is 0.158. The van der Waals surface area contributed by atoms with Crippen molar-refractivity contribution in [2.24, 2.45) is 0 Å². The van der Waals surface area contributed by atoms with E-state index in [4.69, 9.17) is 73.3 Å². The minimum absolute atomic E-state index is 0.0129. The van der Waals surface area contributed by atoms with Gasteiger partial charge in [-0.1, -0.05) is 0 Å². The number of nitrogens with zero attached hydrogens (tertiary/aromatic N) is 2. The van der Waals surface area contributed by atoms with Gasteiger partial charge in [0, 0.05) is 6.20 Å². The molecule has 13 N–H and O–H groups in total. The molecule has 4 atom stereocenters. The molecule has 1 aromatic rings.